The molecule has 24 nitrogen and oxygen atoms in total. The normalized spacial score (nSPS) is 12.2. The zero-order valence-corrected chi connectivity index (χ0v) is 42.9. The molecule has 0 aromatic heterocycles. The molecule has 0 aliphatic rings. The number of nitrogen functional groups attached to an aromatic ring is 1. The van der Waals surface area contributed by atoms with Gasteiger partial charge in [0.15, 0.2) is 5.75 Å². The Morgan fingerprint density at radius 3 is 1.41 bits per heavy atom. The van der Waals surface area contributed by atoms with Crippen molar-refractivity contribution in [2.75, 3.05) is 5.73 Å². The molecule has 0 aliphatic heterocycles. The quantitative estimate of drug-likeness (QED) is 0.0372. The molecule has 0 spiro atoms. The maximum Gasteiger partial charge on any atom is 1.00 e. The summed E-state index contributed by atoms with van der Waals surface area (Å²) in [5.41, 5.74) is -0.244. The van der Waals surface area contributed by atoms with Gasteiger partial charge < -0.3 is 33.6 Å². The molecule has 0 unspecified atom stereocenters. The van der Waals surface area contributed by atoms with Gasteiger partial charge in [-0.25, -0.2) is 42.1 Å². The second kappa shape index (κ2) is 21.1. The molecule has 0 heterocycles. The van der Waals surface area contributed by atoms with Gasteiger partial charge >= 0.3 is 148 Å². The van der Waals surface area contributed by atoms with Gasteiger partial charge in [0.05, 0.1) is 40.5 Å². The second-order valence-corrected chi connectivity index (χ2v) is 16.3. The van der Waals surface area contributed by atoms with Crippen LogP contribution in [0.25, 0.3) is 10.8 Å². The number of phenolic OH excluding ortho intramolecular Hbond substituents is 1. The number of nitro groups is 1. The largest absolute Gasteiger partial charge is 1.00 e. The summed E-state index contributed by atoms with van der Waals surface area (Å²) in [6, 6.07) is 3.06. The molecule has 0 amide bonds. The number of anilines is 1. The zero-order valence-electron chi connectivity index (χ0n) is 28.9. The number of azo groups is 2. The first-order valence-electron chi connectivity index (χ1n) is 12.3. The van der Waals surface area contributed by atoms with E-state index in [4.69, 9.17) is 5.73 Å². The van der Waals surface area contributed by atoms with E-state index in [1.807, 2.05) is 0 Å². The molecule has 0 fully saturated rings. The van der Waals surface area contributed by atoms with E-state index in [1.165, 1.54) is 0 Å². The standard InChI is InChI=1S/C22H16N6O18S5.5Na/c23-20-14(26-24-13-4-2-10(47(32,33)34)6-17(13)50(41,42)43)8-15(48(35,36)37)11-7-18(51(44,45)46)21(22(29)19(11)20)27-25-12-3-1-9(28(30)31)5-16(12)49(38,39)40;;;;;/h1-8,29H,23H2,(H,32,33,34)(H,35,36,37)(H,38,39,40)(H,41,42,43)(H,44,45,46);;;;;/q;5*+1/p-5. The maximum atomic E-state index is 12.2. The molecule has 0 saturated carbocycles. The van der Waals surface area contributed by atoms with Gasteiger partial charge in [-0.3, -0.25) is 10.1 Å². The Morgan fingerprint density at radius 2 is 0.964 bits per heavy atom. The SMILES string of the molecule is Nc1c(N=Nc2ccc(S(=O)(=O)[O-])cc2S(=O)(=O)[O-])cc(S(=O)(=O)[O-])c2cc(S(=O)(=O)[O-])c(N=Nc3ccc([N+](=O)[O-])cc3S(=O)(=O)[O-])c(O)c12.[Na+].[Na+].[Na+].[Na+].[Na+]. The Bertz CT molecular complexity index is 2850. The molecule has 4 rings (SSSR count). The Labute approximate surface area is 426 Å². The topological polar surface area (TPSA) is 425 Å². The summed E-state index contributed by atoms with van der Waals surface area (Å²) in [7, 11) is -28.1. The van der Waals surface area contributed by atoms with Crippen molar-refractivity contribution in [3.63, 3.8) is 0 Å². The molecule has 56 heavy (non-hydrogen) atoms. The van der Waals surface area contributed by atoms with Crippen LogP contribution in [0.3, 0.4) is 0 Å². The number of fused-ring (bicyclic) bond motifs is 1. The van der Waals surface area contributed by atoms with Crippen LogP contribution in [0.15, 0.2) is 93.5 Å². The molecule has 0 radical (unpaired) electrons. The van der Waals surface area contributed by atoms with Crippen LogP contribution in [0.2, 0.25) is 0 Å². The average molecular weight is 923 g/mol. The van der Waals surface area contributed by atoms with E-state index < -0.39 is 131 Å². The van der Waals surface area contributed by atoms with Crippen molar-refractivity contribution in [2.45, 2.75) is 24.5 Å². The molecule has 34 heteroatoms. The number of rotatable bonds is 10. The molecule has 0 atom stereocenters. The molecule has 0 bridgehead atoms. The van der Waals surface area contributed by atoms with Crippen LogP contribution in [-0.2, 0) is 50.6 Å². The minimum atomic E-state index is -5.84. The summed E-state index contributed by atoms with van der Waals surface area (Å²) in [5, 5.41) is 33.4. The summed E-state index contributed by atoms with van der Waals surface area (Å²) in [6.07, 6.45) is 0. The van der Waals surface area contributed by atoms with Crippen molar-refractivity contribution in [1.82, 2.24) is 0 Å². The van der Waals surface area contributed by atoms with E-state index in [-0.39, 0.29) is 166 Å². The number of benzene rings is 4. The first-order valence-corrected chi connectivity index (χ1v) is 19.3. The van der Waals surface area contributed by atoms with Crippen molar-refractivity contribution in [1.29, 1.82) is 0 Å². The molecule has 3 N–H and O–H groups in total. The number of aromatic hydroxyl groups is 1. The van der Waals surface area contributed by atoms with Crippen LogP contribution in [0, 0.1) is 10.1 Å². The Morgan fingerprint density at radius 1 is 0.536 bits per heavy atom. The first-order chi connectivity index (χ1) is 23.1. The Kier molecular flexibility index (Phi) is 21.9. The van der Waals surface area contributed by atoms with E-state index >= 15 is 0 Å². The van der Waals surface area contributed by atoms with Crippen molar-refractivity contribution in [2.24, 2.45) is 20.5 Å². The fourth-order valence-corrected chi connectivity index (χ4v) is 7.29. The van der Waals surface area contributed by atoms with Crippen molar-refractivity contribution in [3.05, 3.63) is 58.6 Å². The molecule has 4 aromatic carbocycles. The van der Waals surface area contributed by atoms with Crippen molar-refractivity contribution < 1.29 is 223 Å². The molecule has 272 valence electrons. The fraction of sp³-hybridized carbons (Fsp3) is 0. The van der Waals surface area contributed by atoms with Gasteiger partial charge in [-0.1, -0.05) is 0 Å². The van der Waals surface area contributed by atoms with Gasteiger partial charge in [-0.05, 0) is 36.4 Å². The third-order valence-corrected chi connectivity index (χ3v) is 10.6. The van der Waals surface area contributed by atoms with Crippen LogP contribution in [0.5, 0.6) is 5.75 Å². The summed E-state index contributed by atoms with van der Waals surface area (Å²) >= 11 is 0. The number of hydrogen-bond donors (Lipinski definition) is 2. The van der Waals surface area contributed by atoms with E-state index in [2.05, 4.69) is 20.5 Å². The number of phenols is 1. The third-order valence-electron chi connectivity index (χ3n) is 6.29. The van der Waals surface area contributed by atoms with Gasteiger partial charge in [-0.15, -0.1) is 20.5 Å². The molecular formula is C22H11N6Na5O18S5. The van der Waals surface area contributed by atoms with Crippen LogP contribution < -0.4 is 154 Å². The van der Waals surface area contributed by atoms with Crippen LogP contribution in [-0.4, -0.2) is 74.9 Å². The predicted molar refractivity (Wildman–Crippen MR) is 158 cm³/mol. The third kappa shape index (κ3) is 13.4. The maximum absolute atomic E-state index is 12.2. The minimum Gasteiger partial charge on any atom is -0.744 e. The first kappa shape index (κ1) is 58.0. The number of nitrogens with two attached hydrogens (primary N) is 1. The smallest absolute Gasteiger partial charge is 0.744 e. The summed E-state index contributed by atoms with van der Waals surface area (Å²) in [4.78, 5) is 2.88. The van der Waals surface area contributed by atoms with E-state index in [0.29, 0.717) is 30.3 Å². The Hall–Kier alpha value is -0.110. The summed E-state index contributed by atoms with van der Waals surface area (Å²) in [6.45, 7) is 0. The van der Waals surface area contributed by atoms with Gasteiger partial charge in [0.1, 0.15) is 73.3 Å². The van der Waals surface area contributed by atoms with Crippen molar-refractivity contribution >= 4 is 95.5 Å². The number of nitro benzene ring substituents is 1. The predicted octanol–water partition coefficient (Wildman–Crippen LogP) is -13.6. The number of non-ortho nitro benzene ring substituents is 1. The Balaban J connectivity index is 0. The van der Waals surface area contributed by atoms with Gasteiger partial charge in [-0.2, -0.15) is 0 Å². The summed E-state index contributed by atoms with van der Waals surface area (Å²) in [5.74, 6) is -1.56. The van der Waals surface area contributed by atoms with Crippen LogP contribution >= 0.6 is 0 Å². The fourth-order valence-electron chi connectivity index (χ4n) is 4.13. The van der Waals surface area contributed by atoms with E-state index in [1.54, 1.807) is 0 Å². The van der Waals surface area contributed by atoms with Crippen LogP contribution in [0.1, 0.15) is 0 Å². The number of nitrogens with zero attached hydrogens (tertiary/aromatic N) is 5. The van der Waals surface area contributed by atoms with E-state index in [9.17, 15) is 80.1 Å². The van der Waals surface area contributed by atoms with Gasteiger partial charge in [0.2, 0.25) is 0 Å². The van der Waals surface area contributed by atoms with Crippen molar-refractivity contribution in [3.8, 4) is 5.75 Å². The zero-order chi connectivity index (χ0) is 38.6. The minimum absolute atomic E-state index is 0. The molecule has 0 aliphatic carbocycles. The molecular weight excluding hydrogens is 912 g/mol. The summed E-state index contributed by atoms with van der Waals surface area (Å²) < 4.78 is 177. The monoisotopic (exact) mass is 922 g/mol. The number of hydrogen-bond acceptors (Lipinski definition) is 23. The van der Waals surface area contributed by atoms with Crippen LogP contribution in [0.4, 0.5) is 34.1 Å². The second-order valence-electron chi connectivity index (χ2n) is 9.51. The molecule has 0 saturated heterocycles. The van der Waals surface area contributed by atoms with Gasteiger partial charge in [0.25, 0.3) is 5.69 Å². The van der Waals surface area contributed by atoms with E-state index in [0.717, 1.165) is 0 Å². The average Bonchev–Trinajstić information content (AvgIpc) is 2.97. The van der Waals surface area contributed by atoms with Gasteiger partial charge in [0, 0.05) is 17.5 Å². The molecule has 4 aromatic rings.